The Kier molecular flexibility index (Phi) is 11.9. The third kappa shape index (κ3) is 8.05. The second-order valence-electron chi connectivity index (χ2n) is 9.69. The maximum Gasteiger partial charge on any atom is 0.344 e. The lowest BCUT2D eigenvalue weighted by molar-refractivity contribution is -0.777. The SMILES string of the molecule is Cc1oc2cc3c(cc2[n+]1CCCCCC(=O)O)c1cc(N(CCCSOO[O-])CCCSOOO)ccc1n3C. The quantitative estimate of drug-likeness (QED) is 0.0493. The number of aromatic nitrogens is 2. The molecule has 0 atom stereocenters. The molecule has 0 saturated carbocycles. The Morgan fingerprint density at radius 1 is 1.02 bits per heavy atom. The van der Waals surface area contributed by atoms with Gasteiger partial charge in [-0.2, -0.15) is 8.90 Å². The van der Waals surface area contributed by atoms with Crippen LogP contribution in [0.2, 0.25) is 0 Å². The summed E-state index contributed by atoms with van der Waals surface area (Å²) >= 11 is 2.01. The first kappa shape index (κ1) is 31.4. The summed E-state index contributed by atoms with van der Waals surface area (Å²) in [6.45, 7) is 4.20. The standard InChI is InChI=1S/C27H35N3O9S2/c1-19-30(13-5-3-4-8-27(31)32)25-17-22-21-16-20(9-10-23(21)28(2)24(22)18-26(25)35-19)29(11-6-14-40-38-36-33)12-7-15-41-39-37-34/h9-10,16-18H,3-8,11-15H2,1-2H3,(H2-,31,32,33,34). The molecule has 41 heavy (non-hydrogen) atoms. The molecule has 0 fully saturated rings. The van der Waals surface area contributed by atoms with Crippen LogP contribution in [0.25, 0.3) is 32.9 Å². The molecule has 0 radical (unpaired) electrons. The first-order chi connectivity index (χ1) is 19.9. The Morgan fingerprint density at radius 2 is 1.76 bits per heavy atom. The monoisotopic (exact) mass is 609 g/mol. The molecule has 4 aromatic rings. The number of aliphatic carboxylic acids is 1. The van der Waals surface area contributed by atoms with E-state index in [4.69, 9.17) is 14.8 Å². The van der Waals surface area contributed by atoms with E-state index in [-0.39, 0.29) is 6.42 Å². The molecule has 2 heterocycles. The summed E-state index contributed by atoms with van der Waals surface area (Å²) in [5, 5.41) is 36.7. The first-order valence-electron chi connectivity index (χ1n) is 13.4. The predicted molar refractivity (Wildman–Crippen MR) is 155 cm³/mol. The van der Waals surface area contributed by atoms with Crippen LogP contribution in [0, 0.1) is 6.92 Å². The highest BCUT2D eigenvalue weighted by atomic mass is 32.2. The van der Waals surface area contributed by atoms with Crippen LogP contribution < -0.4 is 14.7 Å². The molecular weight excluding hydrogens is 574 g/mol. The topological polar surface area (TPSA) is 143 Å². The molecule has 4 rings (SSSR count). The molecule has 0 aliphatic carbocycles. The summed E-state index contributed by atoms with van der Waals surface area (Å²) in [7, 11) is 2.05. The molecule has 0 bridgehead atoms. The van der Waals surface area contributed by atoms with Gasteiger partial charge >= 0.3 is 11.9 Å². The van der Waals surface area contributed by atoms with Crippen molar-refractivity contribution >= 4 is 68.6 Å². The van der Waals surface area contributed by atoms with Crippen LogP contribution in [0.4, 0.5) is 5.69 Å². The molecule has 0 unspecified atom stereocenters. The van der Waals surface area contributed by atoms with E-state index in [2.05, 4.69) is 70.2 Å². The van der Waals surface area contributed by atoms with Gasteiger partial charge in [-0.25, -0.2) is 5.26 Å². The van der Waals surface area contributed by atoms with Crippen LogP contribution >= 0.6 is 24.1 Å². The molecule has 2 aromatic heterocycles. The van der Waals surface area contributed by atoms with Crippen LogP contribution in [0.1, 0.15) is 44.4 Å². The summed E-state index contributed by atoms with van der Waals surface area (Å²) < 4.78 is 19.4. The highest BCUT2D eigenvalue weighted by molar-refractivity contribution is 7.94. The van der Waals surface area contributed by atoms with Crippen molar-refractivity contribution in [3.05, 3.63) is 36.2 Å². The van der Waals surface area contributed by atoms with Crippen molar-refractivity contribution in [2.45, 2.75) is 52.0 Å². The van der Waals surface area contributed by atoms with E-state index < -0.39 is 5.97 Å². The number of fused-ring (bicyclic) bond motifs is 4. The van der Waals surface area contributed by atoms with Gasteiger partial charge in [-0.1, -0.05) is 5.04 Å². The maximum atomic E-state index is 10.8. The van der Waals surface area contributed by atoms with Crippen molar-refractivity contribution in [1.82, 2.24) is 4.57 Å². The minimum atomic E-state index is -0.759. The number of carboxylic acid groups (broad SMARTS) is 1. The van der Waals surface area contributed by atoms with Crippen molar-refractivity contribution in [3.63, 3.8) is 0 Å². The molecule has 0 amide bonds. The Hall–Kier alpha value is -2.56. The van der Waals surface area contributed by atoms with Gasteiger partial charge in [0.15, 0.2) is 6.54 Å². The molecule has 2 aromatic carbocycles. The highest BCUT2D eigenvalue weighted by Gasteiger charge is 2.22. The lowest BCUT2D eigenvalue weighted by Crippen LogP contribution is -2.35. The Morgan fingerprint density at radius 3 is 2.46 bits per heavy atom. The number of carboxylic acids is 1. The first-order valence-corrected chi connectivity index (χ1v) is 15.3. The smallest absolute Gasteiger partial charge is 0.344 e. The van der Waals surface area contributed by atoms with Crippen LogP contribution in [0.15, 0.2) is 34.7 Å². The average Bonchev–Trinajstić information content (AvgIpc) is 3.41. The van der Waals surface area contributed by atoms with Gasteiger partial charge in [0.25, 0.3) is 5.52 Å². The average molecular weight is 610 g/mol. The fraction of sp³-hybridized carbons (Fsp3) is 0.481. The van der Waals surface area contributed by atoms with E-state index in [9.17, 15) is 10.1 Å². The fourth-order valence-corrected chi connectivity index (χ4v) is 5.91. The molecule has 0 aliphatic heterocycles. The zero-order valence-electron chi connectivity index (χ0n) is 23.1. The van der Waals surface area contributed by atoms with E-state index >= 15 is 0 Å². The number of hydrogen-bond donors (Lipinski definition) is 2. The van der Waals surface area contributed by atoms with Crippen molar-refractivity contribution in [1.29, 1.82) is 0 Å². The largest absolute Gasteiger partial charge is 0.691 e. The Balaban J connectivity index is 1.61. The molecule has 224 valence electrons. The van der Waals surface area contributed by atoms with Gasteiger partial charge in [-0.05, 0) is 43.9 Å². The number of hydrogen-bond acceptors (Lipinski definition) is 11. The molecular formula is C27H35N3O9S2. The van der Waals surface area contributed by atoms with E-state index in [1.54, 1.807) is 0 Å². The van der Waals surface area contributed by atoms with Gasteiger partial charge in [-0.3, -0.25) is 9.83 Å². The van der Waals surface area contributed by atoms with E-state index in [1.165, 1.54) is 0 Å². The second kappa shape index (κ2) is 15.6. The minimum Gasteiger partial charge on any atom is -0.691 e. The number of anilines is 1. The number of unbranched alkanes of at least 4 members (excludes halogenated alkanes) is 2. The summed E-state index contributed by atoms with van der Waals surface area (Å²) in [4.78, 5) is 13.1. The number of rotatable bonds is 19. The molecule has 14 heteroatoms. The van der Waals surface area contributed by atoms with Gasteiger partial charge in [0.2, 0.25) is 5.58 Å². The summed E-state index contributed by atoms with van der Waals surface area (Å²) in [6, 6.07) is 10.7. The zero-order chi connectivity index (χ0) is 29.2. The maximum absolute atomic E-state index is 10.8. The van der Waals surface area contributed by atoms with Gasteiger partial charge in [0, 0.05) is 103 Å². The zero-order valence-corrected chi connectivity index (χ0v) is 24.7. The van der Waals surface area contributed by atoms with Gasteiger partial charge in [0.05, 0.1) is 12.4 Å². The number of oxazole rings is 1. The van der Waals surface area contributed by atoms with E-state index in [1.807, 2.05) is 6.92 Å². The molecule has 2 N–H and O–H groups in total. The fourth-order valence-electron chi connectivity index (χ4n) is 5.19. The third-order valence-electron chi connectivity index (χ3n) is 7.10. The number of carbonyl (C=O) groups is 1. The summed E-state index contributed by atoms with van der Waals surface area (Å²) in [5.74, 6) is 1.29. The Bertz CT molecular complexity index is 1430. The van der Waals surface area contributed by atoms with Crippen molar-refractivity contribution < 1.29 is 48.1 Å². The molecule has 0 spiro atoms. The molecule has 12 nitrogen and oxygen atoms in total. The van der Waals surface area contributed by atoms with Gasteiger partial charge in [0.1, 0.15) is 0 Å². The van der Waals surface area contributed by atoms with Crippen molar-refractivity contribution in [2.75, 3.05) is 29.5 Å². The summed E-state index contributed by atoms with van der Waals surface area (Å²) in [5.41, 5.74) is 5.08. The number of aryl methyl sites for hydroxylation is 3. The summed E-state index contributed by atoms with van der Waals surface area (Å²) in [6.07, 6.45) is 4.13. The minimum absolute atomic E-state index is 0.191. The van der Waals surface area contributed by atoms with Gasteiger partial charge in [-0.15, -0.1) is 4.33 Å². The van der Waals surface area contributed by atoms with E-state index in [0.29, 0.717) is 17.9 Å². The van der Waals surface area contributed by atoms with E-state index in [0.717, 1.165) is 114 Å². The molecule has 0 saturated heterocycles. The Labute approximate surface area is 245 Å². The lowest BCUT2D eigenvalue weighted by Gasteiger charge is -2.25. The van der Waals surface area contributed by atoms with Crippen LogP contribution in [0.3, 0.4) is 0 Å². The second-order valence-corrected chi connectivity index (χ2v) is 11.3. The predicted octanol–water partition coefficient (Wildman–Crippen LogP) is 4.85. The van der Waals surface area contributed by atoms with Crippen LogP contribution in [-0.4, -0.2) is 45.5 Å². The van der Waals surface area contributed by atoms with Crippen LogP contribution in [-0.2, 0) is 37.1 Å². The number of nitrogens with zero attached hydrogens (tertiary/aromatic N) is 3. The van der Waals surface area contributed by atoms with Crippen molar-refractivity contribution in [3.8, 4) is 0 Å². The molecule has 0 aliphatic rings. The van der Waals surface area contributed by atoms with Gasteiger partial charge < -0.3 is 24.2 Å². The normalized spacial score (nSPS) is 11.8. The lowest BCUT2D eigenvalue weighted by atomic mass is 10.1. The number of benzene rings is 2. The van der Waals surface area contributed by atoms with Crippen molar-refractivity contribution in [2.24, 2.45) is 7.05 Å². The van der Waals surface area contributed by atoms with Crippen LogP contribution in [0.5, 0.6) is 0 Å². The highest BCUT2D eigenvalue weighted by Crippen LogP contribution is 2.34. The third-order valence-corrected chi connectivity index (χ3v) is 8.32.